The Morgan fingerprint density at radius 3 is 2.33 bits per heavy atom. The Bertz CT molecular complexity index is 805. The fourth-order valence-corrected chi connectivity index (χ4v) is 3.59. The monoisotopic (exact) mass is 368 g/mol. The van der Waals surface area contributed by atoms with Gasteiger partial charge in [-0.3, -0.25) is 14.5 Å². The van der Waals surface area contributed by atoms with E-state index in [0.29, 0.717) is 19.6 Å². The molecule has 0 saturated carbocycles. The van der Waals surface area contributed by atoms with E-state index in [9.17, 15) is 9.59 Å². The Balaban J connectivity index is 1.67. The van der Waals surface area contributed by atoms with Gasteiger partial charge in [0.15, 0.2) is 0 Å². The second-order valence-corrected chi connectivity index (χ2v) is 7.10. The van der Waals surface area contributed by atoms with Gasteiger partial charge < -0.3 is 14.8 Å². The Labute approximate surface area is 160 Å². The van der Waals surface area contributed by atoms with Crippen LogP contribution in [0.1, 0.15) is 27.3 Å². The molecule has 1 saturated heterocycles. The van der Waals surface area contributed by atoms with E-state index in [2.05, 4.69) is 26.9 Å². The van der Waals surface area contributed by atoms with E-state index in [1.54, 1.807) is 7.05 Å². The highest BCUT2D eigenvalue weighted by atomic mass is 16.2. The van der Waals surface area contributed by atoms with Gasteiger partial charge in [-0.25, -0.2) is 0 Å². The van der Waals surface area contributed by atoms with Gasteiger partial charge in [0.1, 0.15) is 0 Å². The summed E-state index contributed by atoms with van der Waals surface area (Å²) in [6.07, 6.45) is 0. The molecule has 0 aliphatic carbocycles. The van der Waals surface area contributed by atoms with E-state index in [0.717, 1.165) is 36.6 Å². The number of aromatic nitrogens is 1. The Kier molecular flexibility index (Phi) is 5.96. The third-order valence-corrected chi connectivity index (χ3v) is 5.29. The number of aryl methyl sites for hydroxylation is 1. The molecule has 2 aromatic rings. The van der Waals surface area contributed by atoms with Gasteiger partial charge in [-0.05, 0) is 25.5 Å². The largest absolute Gasteiger partial charge is 0.358 e. The van der Waals surface area contributed by atoms with Crippen molar-refractivity contribution in [3.05, 3.63) is 58.9 Å². The van der Waals surface area contributed by atoms with Crippen LogP contribution < -0.4 is 5.32 Å². The van der Waals surface area contributed by atoms with Gasteiger partial charge in [0.25, 0.3) is 5.91 Å². The second-order valence-electron chi connectivity index (χ2n) is 7.10. The first-order valence-electron chi connectivity index (χ1n) is 9.42. The van der Waals surface area contributed by atoms with Crippen LogP contribution in [0.25, 0.3) is 0 Å². The van der Waals surface area contributed by atoms with Gasteiger partial charge in [0, 0.05) is 51.2 Å². The molecule has 0 radical (unpaired) electrons. The topological polar surface area (TPSA) is 57.6 Å². The molecule has 2 heterocycles. The maximum Gasteiger partial charge on any atom is 0.255 e. The van der Waals surface area contributed by atoms with Gasteiger partial charge in [-0.15, -0.1) is 0 Å². The maximum atomic E-state index is 13.0. The number of piperazine rings is 1. The lowest BCUT2D eigenvalue weighted by Crippen LogP contribution is -2.50. The van der Waals surface area contributed by atoms with Crippen molar-refractivity contribution in [2.24, 2.45) is 0 Å². The molecule has 1 N–H and O–H groups in total. The summed E-state index contributed by atoms with van der Waals surface area (Å²) in [7, 11) is 1.65. The molecule has 1 aliphatic heterocycles. The second kappa shape index (κ2) is 8.39. The third-order valence-electron chi connectivity index (χ3n) is 5.29. The summed E-state index contributed by atoms with van der Waals surface area (Å²) in [5, 5.41) is 2.64. The van der Waals surface area contributed by atoms with Crippen LogP contribution in [-0.2, 0) is 11.3 Å². The molecule has 0 atom stereocenters. The number of rotatable bonds is 5. The number of nitrogens with zero attached hydrogens (tertiary/aromatic N) is 3. The van der Waals surface area contributed by atoms with Crippen molar-refractivity contribution in [1.29, 1.82) is 0 Å². The summed E-state index contributed by atoms with van der Waals surface area (Å²) < 4.78 is 2.20. The molecule has 1 fully saturated rings. The molecular formula is C21H28N4O2. The lowest BCUT2D eigenvalue weighted by atomic mass is 10.2. The molecule has 1 aliphatic rings. The third kappa shape index (κ3) is 4.39. The van der Waals surface area contributed by atoms with Crippen LogP contribution in [0.15, 0.2) is 36.4 Å². The number of carbonyl (C=O) groups excluding carboxylic acids is 2. The van der Waals surface area contributed by atoms with Crippen LogP contribution >= 0.6 is 0 Å². The molecular weight excluding hydrogens is 340 g/mol. The van der Waals surface area contributed by atoms with Crippen molar-refractivity contribution >= 4 is 11.8 Å². The number of hydrogen-bond donors (Lipinski definition) is 1. The minimum absolute atomic E-state index is 0.0132. The molecule has 3 rings (SSSR count). The van der Waals surface area contributed by atoms with Crippen molar-refractivity contribution in [1.82, 2.24) is 19.7 Å². The van der Waals surface area contributed by atoms with Crippen molar-refractivity contribution in [3.8, 4) is 0 Å². The summed E-state index contributed by atoms with van der Waals surface area (Å²) in [5.74, 6) is 0.0984. The summed E-state index contributed by atoms with van der Waals surface area (Å²) >= 11 is 0. The summed E-state index contributed by atoms with van der Waals surface area (Å²) in [4.78, 5) is 28.5. The molecule has 1 aromatic heterocycles. The predicted molar refractivity (Wildman–Crippen MR) is 106 cm³/mol. The van der Waals surface area contributed by atoms with Gasteiger partial charge in [-0.2, -0.15) is 0 Å². The van der Waals surface area contributed by atoms with Crippen molar-refractivity contribution in [2.75, 3.05) is 39.8 Å². The molecule has 6 heteroatoms. The van der Waals surface area contributed by atoms with Crippen molar-refractivity contribution in [2.45, 2.75) is 20.4 Å². The maximum absolute atomic E-state index is 13.0. The lowest BCUT2D eigenvalue weighted by Gasteiger charge is -2.34. The van der Waals surface area contributed by atoms with Crippen LogP contribution in [0, 0.1) is 13.8 Å². The highest BCUT2D eigenvalue weighted by Crippen LogP contribution is 2.19. The first-order chi connectivity index (χ1) is 13.0. The lowest BCUT2D eigenvalue weighted by molar-refractivity contribution is -0.122. The molecule has 0 bridgehead atoms. The van der Waals surface area contributed by atoms with Gasteiger partial charge in [0.2, 0.25) is 5.91 Å². The number of carbonyl (C=O) groups is 2. The molecule has 0 unspecified atom stereocenters. The molecule has 6 nitrogen and oxygen atoms in total. The van der Waals surface area contributed by atoms with Crippen LogP contribution in [0.5, 0.6) is 0 Å². The van der Waals surface area contributed by atoms with Crippen LogP contribution in [-0.4, -0.2) is 66.0 Å². The quantitative estimate of drug-likeness (QED) is 0.873. The first-order valence-corrected chi connectivity index (χ1v) is 9.42. The van der Waals surface area contributed by atoms with Crippen LogP contribution in [0.2, 0.25) is 0 Å². The molecule has 27 heavy (non-hydrogen) atoms. The Morgan fingerprint density at radius 1 is 1.04 bits per heavy atom. The van der Waals surface area contributed by atoms with E-state index in [-0.39, 0.29) is 11.8 Å². The molecule has 1 aromatic carbocycles. The summed E-state index contributed by atoms with van der Waals surface area (Å²) in [6, 6.07) is 12.3. The molecule has 0 spiro atoms. The fraction of sp³-hybridized carbons (Fsp3) is 0.429. The van der Waals surface area contributed by atoms with E-state index in [1.165, 1.54) is 5.56 Å². The summed E-state index contributed by atoms with van der Waals surface area (Å²) in [6.45, 7) is 7.98. The minimum atomic E-state index is 0.0132. The number of nitrogens with one attached hydrogen (secondary N) is 1. The highest BCUT2D eigenvalue weighted by Gasteiger charge is 2.25. The number of hydrogen-bond acceptors (Lipinski definition) is 3. The zero-order valence-corrected chi connectivity index (χ0v) is 16.4. The first kappa shape index (κ1) is 19.2. The minimum Gasteiger partial charge on any atom is -0.358 e. The van der Waals surface area contributed by atoms with E-state index in [1.807, 2.05) is 43.0 Å². The van der Waals surface area contributed by atoms with Gasteiger partial charge in [0.05, 0.1) is 12.1 Å². The fourth-order valence-electron chi connectivity index (χ4n) is 3.59. The van der Waals surface area contributed by atoms with Gasteiger partial charge in [-0.1, -0.05) is 30.3 Å². The SMILES string of the molecule is CNC(=O)CN1CCN(C(=O)c2cc(C)n(Cc3ccccc3)c2C)CC1. The average Bonchev–Trinajstić information content (AvgIpc) is 2.97. The number of amides is 2. The van der Waals surface area contributed by atoms with E-state index >= 15 is 0 Å². The Hall–Kier alpha value is -2.60. The predicted octanol–water partition coefficient (Wildman–Crippen LogP) is 1.66. The number of likely N-dealkylation sites (N-methyl/N-ethyl adjacent to an activating group) is 1. The molecule has 2 amide bonds. The summed E-state index contributed by atoms with van der Waals surface area (Å²) in [5.41, 5.74) is 4.11. The van der Waals surface area contributed by atoms with Gasteiger partial charge >= 0.3 is 0 Å². The zero-order valence-electron chi connectivity index (χ0n) is 16.4. The smallest absolute Gasteiger partial charge is 0.255 e. The average molecular weight is 368 g/mol. The molecule has 144 valence electrons. The van der Waals surface area contributed by atoms with Crippen molar-refractivity contribution < 1.29 is 9.59 Å². The van der Waals surface area contributed by atoms with Crippen molar-refractivity contribution in [3.63, 3.8) is 0 Å². The highest BCUT2D eigenvalue weighted by molar-refractivity contribution is 5.95. The normalized spacial score (nSPS) is 15.0. The zero-order chi connectivity index (χ0) is 19.4. The van der Waals surface area contributed by atoms with E-state index in [4.69, 9.17) is 0 Å². The van der Waals surface area contributed by atoms with E-state index < -0.39 is 0 Å². The standard InChI is InChI=1S/C21H28N4O2/c1-16-13-19(17(2)25(16)14-18-7-5-4-6-8-18)21(27)24-11-9-23(10-12-24)15-20(26)22-3/h4-8,13H,9-12,14-15H2,1-3H3,(H,22,26). The number of benzene rings is 1. The Morgan fingerprint density at radius 2 is 1.70 bits per heavy atom. The van der Waals surface area contributed by atoms with Crippen LogP contribution in [0.3, 0.4) is 0 Å². The van der Waals surface area contributed by atoms with Crippen LogP contribution in [0.4, 0.5) is 0 Å².